The highest BCUT2D eigenvalue weighted by atomic mass is 16.3. The first-order valence-electron chi connectivity index (χ1n) is 9.96. The van der Waals surface area contributed by atoms with E-state index < -0.39 is 0 Å². The van der Waals surface area contributed by atoms with Gasteiger partial charge in [0.1, 0.15) is 5.82 Å². The highest BCUT2D eigenvalue weighted by Gasteiger charge is 2.14. The van der Waals surface area contributed by atoms with Crippen LogP contribution in [0.1, 0.15) is 22.5 Å². The van der Waals surface area contributed by atoms with Crippen LogP contribution in [0.4, 0.5) is 5.82 Å². The van der Waals surface area contributed by atoms with Crippen molar-refractivity contribution in [1.29, 1.82) is 0 Å². The van der Waals surface area contributed by atoms with E-state index >= 15 is 0 Å². The van der Waals surface area contributed by atoms with E-state index in [4.69, 9.17) is 4.42 Å². The fourth-order valence-corrected chi connectivity index (χ4v) is 3.53. The van der Waals surface area contributed by atoms with Crippen LogP contribution in [0.3, 0.4) is 0 Å². The summed E-state index contributed by atoms with van der Waals surface area (Å²) in [7, 11) is 2.09. The molecular weight excluding hydrogens is 392 g/mol. The average molecular weight is 412 g/mol. The van der Waals surface area contributed by atoms with Crippen LogP contribution in [0.15, 0.2) is 65.9 Å². The quantitative estimate of drug-likeness (QED) is 0.546. The normalized spacial score (nSPS) is 14.4. The van der Waals surface area contributed by atoms with Crippen LogP contribution in [0, 0.1) is 0 Å². The molecule has 0 saturated heterocycles. The second kappa shape index (κ2) is 8.08. The minimum Gasteiger partial charge on any atom is -0.443 e. The van der Waals surface area contributed by atoms with Crippen LogP contribution in [-0.4, -0.2) is 50.9 Å². The molecule has 0 atom stereocenters. The third-order valence-electron chi connectivity index (χ3n) is 5.29. The smallest absolute Gasteiger partial charge is 0.256 e. The zero-order valence-corrected chi connectivity index (χ0v) is 16.9. The lowest BCUT2D eigenvalue weighted by molar-refractivity contribution is 0.102. The van der Waals surface area contributed by atoms with Gasteiger partial charge < -0.3 is 14.6 Å². The van der Waals surface area contributed by atoms with Gasteiger partial charge in [-0.05, 0) is 43.3 Å². The number of likely N-dealkylation sites (N-methyl/N-ethyl adjacent to an activating group) is 1. The highest BCUT2D eigenvalue weighted by molar-refractivity contribution is 6.04. The third kappa shape index (κ3) is 4.06. The van der Waals surface area contributed by atoms with E-state index in [0.29, 0.717) is 17.1 Å². The number of oxazole rings is 1. The molecule has 4 aromatic heterocycles. The minimum atomic E-state index is -0.233. The van der Waals surface area contributed by atoms with Gasteiger partial charge in [-0.25, -0.2) is 9.97 Å². The molecule has 1 N–H and O–H groups in total. The maximum absolute atomic E-state index is 12.8. The molecule has 1 aliphatic rings. The summed E-state index contributed by atoms with van der Waals surface area (Å²) in [5.74, 6) is 0.846. The van der Waals surface area contributed by atoms with Crippen molar-refractivity contribution < 1.29 is 9.21 Å². The van der Waals surface area contributed by atoms with Crippen molar-refractivity contribution in [3.63, 3.8) is 0 Å². The number of carbonyl (C=O) groups is 1. The topological polar surface area (TPSA) is 97.0 Å². The van der Waals surface area contributed by atoms with Gasteiger partial charge in [-0.2, -0.15) is 0 Å². The molecule has 4 aromatic rings. The van der Waals surface area contributed by atoms with E-state index in [1.807, 2.05) is 12.1 Å². The van der Waals surface area contributed by atoms with Gasteiger partial charge in [0.2, 0.25) is 0 Å². The standard InChI is InChI=1S/C23H20N6O2/c1-29-6-3-15(4-7-29)19-9-16(2-5-25-19)23(30)28-22-10-17-8-18(21-13-24-14-31-21)11-26-20(17)12-27-22/h2-3,5,8-14H,4,6-7H2,1H3,(H,27,28,30). The highest BCUT2D eigenvalue weighted by Crippen LogP contribution is 2.24. The summed E-state index contributed by atoms with van der Waals surface area (Å²) < 4.78 is 5.34. The maximum Gasteiger partial charge on any atom is 0.256 e. The third-order valence-corrected chi connectivity index (χ3v) is 5.29. The Morgan fingerprint density at radius 2 is 2.06 bits per heavy atom. The Bertz CT molecular complexity index is 1280. The number of aromatic nitrogens is 4. The van der Waals surface area contributed by atoms with Gasteiger partial charge >= 0.3 is 0 Å². The SMILES string of the molecule is CN1CC=C(c2cc(C(=O)Nc3cc4cc(-c5cnco5)cnc4cn3)ccn2)CC1. The van der Waals surface area contributed by atoms with Crippen molar-refractivity contribution in [1.82, 2.24) is 24.8 Å². The van der Waals surface area contributed by atoms with E-state index in [-0.39, 0.29) is 5.91 Å². The van der Waals surface area contributed by atoms with E-state index in [1.54, 1.807) is 36.9 Å². The molecule has 0 fully saturated rings. The molecular formula is C23H20N6O2. The zero-order valence-electron chi connectivity index (χ0n) is 16.9. The van der Waals surface area contributed by atoms with Crippen molar-refractivity contribution >= 4 is 28.2 Å². The van der Waals surface area contributed by atoms with Gasteiger partial charge in [0.25, 0.3) is 5.91 Å². The predicted octanol–water partition coefficient (Wildman–Crippen LogP) is 3.65. The Morgan fingerprint density at radius 3 is 2.87 bits per heavy atom. The van der Waals surface area contributed by atoms with Crippen molar-refractivity contribution in [2.45, 2.75) is 6.42 Å². The van der Waals surface area contributed by atoms with Gasteiger partial charge in [0.05, 0.1) is 23.6 Å². The number of nitrogens with one attached hydrogen (secondary N) is 1. The summed E-state index contributed by atoms with van der Waals surface area (Å²) in [6.45, 7) is 1.87. The number of hydrogen-bond donors (Lipinski definition) is 1. The van der Waals surface area contributed by atoms with Gasteiger partial charge in [0.15, 0.2) is 12.2 Å². The maximum atomic E-state index is 12.8. The van der Waals surface area contributed by atoms with Gasteiger partial charge in [-0.1, -0.05) is 6.08 Å². The molecule has 8 nitrogen and oxygen atoms in total. The largest absolute Gasteiger partial charge is 0.443 e. The van der Waals surface area contributed by atoms with Crippen molar-refractivity contribution in [2.75, 3.05) is 25.5 Å². The Balaban J connectivity index is 1.38. The second-order valence-electron chi connectivity index (χ2n) is 7.48. The molecule has 8 heteroatoms. The molecule has 0 bridgehead atoms. The van der Waals surface area contributed by atoms with Crippen LogP contribution in [0.25, 0.3) is 27.8 Å². The Morgan fingerprint density at radius 1 is 1.13 bits per heavy atom. The summed E-state index contributed by atoms with van der Waals surface area (Å²) in [5.41, 5.74) is 4.08. The minimum absolute atomic E-state index is 0.233. The first-order chi connectivity index (χ1) is 15.2. The van der Waals surface area contributed by atoms with E-state index in [0.717, 1.165) is 41.7 Å². The van der Waals surface area contributed by atoms with Crippen LogP contribution in [0.2, 0.25) is 0 Å². The fraction of sp³-hybridized carbons (Fsp3) is 0.174. The first kappa shape index (κ1) is 19.1. The summed E-state index contributed by atoms with van der Waals surface area (Å²) in [6, 6.07) is 7.26. The Hall–Kier alpha value is -3.91. The zero-order chi connectivity index (χ0) is 21.2. The number of anilines is 1. The lowest BCUT2D eigenvalue weighted by Crippen LogP contribution is -2.24. The molecule has 1 aliphatic heterocycles. The summed E-state index contributed by atoms with van der Waals surface area (Å²) in [4.78, 5) is 32.2. The molecule has 0 spiro atoms. The number of fused-ring (bicyclic) bond motifs is 1. The molecule has 0 radical (unpaired) electrons. The van der Waals surface area contributed by atoms with Crippen molar-refractivity contribution in [3.8, 4) is 11.3 Å². The second-order valence-corrected chi connectivity index (χ2v) is 7.48. The molecule has 31 heavy (non-hydrogen) atoms. The van der Waals surface area contributed by atoms with E-state index in [2.05, 4.69) is 43.3 Å². The molecule has 0 aliphatic carbocycles. The van der Waals surface area contributed by atoms with Crippen LogP contribution >= 0.6 is 0 Å². The first-order valence-corrected chi connectivity index (χ1v) is 9.96. The number of rotatable bonds is 4. The molecule has 5 heterocycles. The predicted molar refractivity (Wildman–Crippen MR) is 117 cm³/mol. The van der Waals surface area contributed by atoms with Crippen molar-refractivity contribution in [2.24, 2.45) is 0 Å². The molecule has 5 rings (SSSR count). The van der Waals surface area contributed by atoms with Gasteiger partial charge in [0, 0.05) is 42.0 Å². The lowest BCUT2D eigenvalue weighted by atomic mass is 10.0. The number of carbonyl (C=O) groups excluding carboxylic acids is 1. The number of pyridine rings is 3. The van der Waals surface area contributed by atoms with Gasteiger partial charge in [-0.3, -0.25) is 14.8 Å². The number of amides is 1. The monoisotopic (exact) mass is 412 g/mol. The van der Waals surface area contributed by atoms with Crippen LogP contribution in [-0.2, 0) is 0 Å². The summed E-state index contributed by atoms with van der Waals surface area (Å²) in [5, 5.41) is 3.71. The molecule has 0 saturated carbocycles. The van der Waals surface area contributed by atoms with E-state index in [1.165, 1.54) is 12.0 Å². The lowest BCUT2D eigenvalue weighted by Gasteiger charge is -2.21. The Kier molecular flexibility index (Phi) is 4.97. The van der Waals surface area contributed by atoms with E-state index in [9.17, 15) is 4.79 Å². The fourth-order valence-electron chi connectivity index (χ4n) is 3.53. The summed E-state index contributed by atoms with van der Waals surface area (Å²) >= 11 is 0. The molecule has 1 amide bonds. The number of nitrogens with zero attached hydrogens (tertiary/aromatic N) is 5. The average Bonchev–Trinajstić information content (AvgIpc) is 3.34. The molecule has 0 unspecified atom stereocenters. The molecule has 0 aromatic carbocycles. The van der Waals surface area contributed by atoms with Crippen molar-refractivity contribution in [3.05, 3.63) is 72.8 Å². The van der Waals surface area contributed by atoms with Gasteiger partial charge in [-0.15, -0.1) is 0 Å². The Labute approximate surface area is 178 Å². The number of hydrogen-bond acceptors (Lipinski definition) is 7. The summed E-state index contributed by atoms with van der Waals surface area (Å²) in [6.07, 6.45) is 11.1. The van der Waals surface area contributed by atoms with Crippen LogP contribution < -0.4 is 5.32 Å². The molecule has 154 valence electrons. The van der Waals surface area contributed by atoms with Crippen LogP contribution in [0.5, 0.6) is 0 Å².